The molecule has 2 unspecified atom stereocenters. The van der Waals surface area contributed by atoms with Gasteiger partial charge >= 0.3 is 0 Å². The fourth-order valence-electron chi connectivity index (χ4n) is 3.10. The van der Waals surface area contributed by atoms with Crippen LogP contribution in [-0.2, 0) is 9.59 Å². The van der Waals surface area contributed by atoms with E-state index in [0.717, 1.165) is 0 Å². The number of halogens is 2. The topological polar surface area (TPSA) is 34.1 Å². The highest BCUT2D eigenvalue weighted by Gasteiger charge is 2.32. The van der Waals surface area contributed by atoms with E-state index in [4.69, 9.17) is 23.2 Å². The minimum atomic E-state index is -0.741. The van der Waals surface area contributed by atoms with Gasteiger partial charge in [0, 0.05) is 24.0 Å². The van der Waals surface area contributed by atoms with Crippen LogP contribution in [0.1, 0.15) is 25.7 Å². The average Bonchev–Trinajstić information content (AvgIpc) is 2.52. The molecule has 3 aliphatic carbocycles. The van der Waals surface area contributed by atoms with Crippen molar-refractivity contribution in [2.24, 2.45) is 0 Å². The molecule has 0 amide bonds. The molecule has 0 bridgehead atoms. The van der Waals surface area contributed by atoms with Gasteiger partial charge in [0.15, 0.2) is 5.78 Å². The van der Waals surface area contributed by atoms with E-state index in [1.807, 2.05) is 48.6 Å². The van der Waals surface area contributed by atoms with Gasteiger partial charge < -0.3 is 0 Å². The summed E-state index contributed by atoms with van der Waals surface area (Å²) in [4.78, 5) is 23.5. The molecule has 3 aliphatic rings. The van der Waals surface area contributed by atoms with Gasteiger partial charge in [0.25, 0.3) is 0 Å². The van der Waals surface area contributed by atoms with Crippen LogP contribution in [0.15, 0.2) is 71.9 Å². The Hall–Kier alpha value is -1.64. The summed E-state index contributed by atoms with van der Waals surface area (Å²) >= 11 is 13.1. The van der Waals surface area contributed by atoms with Crippen LogP contribution in [0.25, 0.3) is 0 Å². The summed E-state index contributed by atoms with van der Waals surface area (Å²) in [5, 5.41) is 0. The average molecular weight is 361 g/mol. The first-order chi connectivity index (χ1) is 11.4. The molecule has 24 heavy (non-hydrogen) atoms. The van der Waals surface area contributed by atoms with Gasteiger partial charge in [-0.3, -0.25) is 9.59 Å². The van der Waals surface area contributed by atoms with Gasteiger partial charge in [0.2, 0.25) is 0 Å². The lowest BCUT2D eigenvalue weighted by molar-refractivity contribution is -0.122. The van der Waals surface area contributed by atoms with Gasteiger partial charge in [0.1, 0.15) is 5.78 Å². The summed E-state index contributed by atoms with van der Waals surface area (Å²) in [5.74, 6) is -0.112. The van der Waals surface area contributed by atoms with Crippen LogP contribution in [0.5, 0.6) is 0 Å². The fraction of sp³-hybridized carbons (Fsp3) is 0.300. The first kappa shape index (κ1) is 17.2. The second-order valence-electron chi connectivity index (χ2n) is 6.40. The van der Waals surface area contributed by atoms with Crippen molar-refractivity contribution in [3.63, 3.8) is 0 Å². The Labute approximate surface area is 151 Å². The molecule has 4 heteroatoms. The van der Waals surface area contributed by atoms with Crippen LogP contribution in [0.2, 0.25) is 0 Å². The van der Waals surface area contributed by atoms with Gasteiger partial charge in [-0.15, -0.1) is 23.2 Å². The van der Waals surface area contributed by atoms with Gasteiger partial charge in [-0.05, 0) is 12.8 Å². The van der Waals surface area contributed by atoms with Crippen molar-refractivity contribution in [2.75, 3.05) is 0 Å². The Bertz CT molecular complexity index is 692. The molecule has 3 rings (SSSR count). The lowest BCUT2D eigenvalue weighted by Gasteiger charge is -2.25. The Balaban J connectivity index is 1.90. The molecule has 2 nitrogen and oxygen atoms in total. The summed E-state index contributed by atoms with van der Waals surface area (Å²) in [7, 11) is 0. The van der Waals surface area contributed by atoms with E-state index in [1.54, 1.807) is 12.2 Å². The van der Waals surface area contributed by atoms with E-state index < -0.39 is 9.75 Å². The third-order valence-electron chi connectivity index (χ3n) is 4.29. The SMILES string of the molecule is O=C1CC(=CC2(Cl)C=CC=CC2)C(=O)C(=CC2(Cl)C=CC=CC2)C1. The highest BCUT2D eigenvalue weighted by atomic mass is 35.5. The molecule has 0 radical (unpaired) electrons. The minimum Gasteiger partial charge on any atom is -0.299 e. The van der Waals surface area contributed by atoms with Crippen LogP contribution in [0.4, 0.5) is 0 Å². The number of alkyl halides is 2. The summed E-state index contributed by atoms with van der Waals surface area (Å²) in [5.41, 5.74) is 0.922. The van der Waals surface area contributed by atoms with Crippen molar-refractivity contribution >= 4 is 34.8 Å². The number of carbonyl (C=O) groups is 2. The van der Waals surface area contributed by atoms with E-state index in [1.165, 1.54) is 0 Å². The van der Waals surface area contributed by atoms with E-state index in [9.17, 15) is 9.59 Å². The molecular formula is C20H18Cl2O2. The quantitative estimate of drug-likeness (QED) is 0.525. The van der Waals surface area contributed by atoms with Crippen molar-refractivity contribution in [3.05, 3.63) is 71.9 Å². The molecule has 0 aromatic rings. The molecule has 0 spiro atoms. The Morgan fingerprint density at radius 3 is 1.62 bits per heavy atom. The standard InChI is InChI=1S/C20H18Cl2O2/c21-19(7-3-1-4-8-19)13-15-11-17(23)12-16(18(15)24)14-20(22)9-5-2-6-10-20/h1-7,9,13-14H,8,10-12H2. The Morgan fingerprint density at radius 2 is 1.25 bits per heavy atom. The maximum Gasteiger partial charge on any atom is 0.185 e. The second kappa shape index (κ2) is 6.70. The highest BCUT2D eigenvalue weighted by molar-refractivity contribution is 6.29. The number of carbonyl (C=O) groups excluding carboxylic acids is 2. The predicted octanol–water partition coefficient (Wildman–Crippen LogP) is 4.76. The lowest BCUT2D eigenvalue weighted by atomic mass is 9.82. The molecular weight excluding hydrogens is 343 g/mol. The molecule has 0 saturated heterocycles. The largest absolute Gasteiger partial charge is 0.299 e. The van der Waals surface area contributed by atoms with Crippen LogP contribution < -0.4 is 0 Å². The Kier molecular flexibility index (Phi) is 4.80. The monoisotopic (exact) mass is 360 g/mol. The maximum atomic E-state index is 12.8. The summed E-state index contributed by atoms with van der Waals surface area (Å²) in [6, 6.07) is 0. The summed E-state index contributed by atoms with van der Waals surface area (Å²) < 4.78 is 0. The number of rotatable bonds is 2. The van der Waals surface area contributed by atoms with Crippen molar-refractivity contribution in [1.29, 1.82) is 0 Å². The summed E-state index contributed by atoms with van der Waals surface area (Å²) in [6.45, 7) is 0. The number of Topliss-reactive ketones (excluding diaryl/α,β-unsaturated/α-hetero) is 2. The van der Waals surface area contributed by atoms with Gasteiger partial charge in [0.05, 0.1) is 9.75 Å². The number of allylic oxidation sites excluding steroid dienone is 12. The maximum absolute atomic E-state index is 12.8. The van der Waals surface area contributed by atoms with Crippen LogP contribution in [0, 0.1) is 0 Å². The molecule has 1 fully saturated rings. The Morgan fingerprint density at radius 1 is 0.792 bits per heavy atom. The van der Waals surface area contributed by atoms with Gasteiger partial charge in [-0.2, -0.15) is 0 Å². The molecule has 0 heterocycles. The fourth-order valence-corrected chi connectivity index (χ4v) is 3.69. The molecule has 0 aromatic carbocycles. The zero-order chi connectivity index (χ0) is 17.2. The van der Waals surface area contributed by atoms with Gasteiger partial charge in [-0.1, -0.05) is 60.8 Å². The van der Waals surface area contributed by atoms with E-state index in [0.29, 0.717) is 24.0 Å². The first-order valence-electron chi connectivity index (χ1n) is 7.96. The van der Waals surface area contributed by atoms with Crippen LogP contribution in [-0.4, -0.2) is 21.3 Å². The second-order valence-corrected chi connectivity index (χ2v) is 7.80. The van der Waals surface area contributed by atoms with E-state index >= 15 is 0 Å². The third kappa shape index (κ3) is 3.88. The minimum absolute atomic E-state index is 0.0123. The lowest BCUT2D eigenvalue weighted by Crippen LogP contribution is -2.26. The summed E-state index contributed by atoms with van der Waals surface area (Å²) in [6.07, 6.45) is 20.0. The van der Waals surface area contributed by atoms with Crippen molar-refractivity contribution in [1.82, 2.24) is 0 Å². The zero-order valence-corrected chi connectivity index (χ0v) is 14.7. The first-order valence-corrected chi connectivity index (χ1v) is 8.71. The van der Waals surface area contributed by atoms with E-state index in [2.05, 4.69) is 0 Å². The smallest absolute Gasteiger partial charge is 0.185 e. The third-order valence-corrected chi connectivity index (χ3v) is 5.07. The predicted molar refractivity (Wildman–Crippen MR) is 98.4 cm³/mol. The molecule has 0 aromatic heterocycles. The van der Waals surface area contributed by atoms with Crippen molar-refractivity contribution in [3.8, 4) is 0 Å². The number of hydrogen-bond acceptors (Lipinski definition) is 2. The number of hydrogen-bond donors (Lipinski definition) is 0. The molecule has 0 aliphatic heterocycles. The molecule has 0 N–H and O–H groups in total. The number of ketones is 2. The molecule has 2 atom stereocenters. The van der Waals surface area contributed by atoms with Crippen molar-refractivity contribution in [2.45, 2.75) is 35.4 Å². The van der Waals surface area contributed by atoms with Gasteiger partial charge in [-0.25, -0.2) is 0 Å². The zero-order valence-electron chi connectivity index (χ0n) is 13.2. The molecule has 1 saturated carbocycles. The van der Waals surface area contributed by atoms with E-state index in [-0.39, 0.29) is 24.4 Å². The van der Waals surface area contributed by atoms with Crippen molar-refractivity contribution < 1.29 is 9.59 Å². The molecule has 124 valence electrons. The van der Waals surface area contributed by atoms with Crippen LogP contribution >= 0.6 is 23.2 Å². The van der Waals surface area contributed by atoms with Crippen LogP contribution in [0.3, 0.4) is 0 Å². The highest BCUT2D eigenvalue weighted by Crippen LogP contribution is 2.35. The normalized spacial score (nSPS) is 36.1.